The number of ether oxygens (including phenoxy) is 1. The van der Waals surface area contributed by atoms with Gasteiger partial charge >= 0.3 is 0 Å². The van der Waals surface area contributed by atoms with Crippen LogP contribution in [0.5, 0.6) is 5.75 Å². The molecule has 138 valence electrons. The van der Waals surface area contributed by atoms with Crippen molar-refractivity contribution in [3.05, 3.63) is 69.6 Å². The maximum atomic E-state index is 12.4. The van der Waals surface area contributed by atoms with Crippen molar-refractivity contribution in [2.24, 2.45) is 0 Å². The number of amides is 2. The van der Waals surface area contributed by atoms with Gasteiger partial charge in [0.2, 0.25) is 0 Å². The lowest BCUT2D eigenvalue weighted by Crippen LogP contribution is -2.20. The minimum Gasteiger partial charge on any atom is -0.484 e. The fourth-order valence-corrected chi connectivity index (χ4v) is 3.34. The highest BCUT2D eigenvalue weighted by Crippen LogP contribution is 2.24. The number of rotatable bonds is 6. The van der Waals surface area contributed by atoms with Crippen LogP contribution in [0.25, 0.3) is 0 Å². The summed E-state index contributed by atoms with van der Waals surface area (Å²) >= 11 is 4.47. The molecule has 6 nitrogen and oxygen atoms in total. The third-order valence-corrected chi connectivity index (χ3v) is 5.06. The summed E-state index contributed by atoms with van der Waals surface area (Å²) in [4.78, 5) is 29.2. The van der Waals surface area contributed by atoms with Gasteiger partial charge in [0.15, 0.2) is 11.7 Å². The number of aromatic nitrogens is 1. The number of carbonyl (C=O) groups is 2. The Morgan fingerprint density at radius 2 is 1.78 bits per heavy atom. The average Bonchev–Trinajstić information content (AvgIpc) is 3.03. The Bertz CT molecular complexity index is 943. The van der Waals surface area contributed by atoms with Crippen molar-refractivity contribution in [2.45, 2.75) is 6.92 Å². The lowest BCUT2D eigenvalue weighted by molar-refractivity contribution is -0.118. The maximum Gasteiger partial charge on any atom is 0.267 e. The summed E-state index contributed by atoms with van der Waals surface area (Å²) < 4.78 is 6.32. The Kier molecular flexibility index (Phi) is 6.20. The van der Waals surface area contributed by atoms with Crippen LogP contribution in [0.2, 0.25) is 0 Å². The highest BCUT2D eigenvalue weighted by atomic mass is 79.9. The second-order valence-electron chi connectivity index (χ2n) is 5.54. The first-order valence-electron chi connectivity index (χ1n) is 8.03. The maximum absolute atomic E-state index is 12.4. The minimum atomic E-state index is -0.340. The fourth-order valence-electron chi connectivity index (χ4n) is 2.20. The van der Waals surface area contributed by atoms with E-state index in [1.54, 1.807) is 31.2 Å². The van der Waals surface area contributed by atoms with Gasteiger partial charge in [-0.2, -0.15) is 0 Å². The Morgan fingerprint density at radius 3 is 2.48 bits per heavy atom. The third kappa shape index (κ3) is 5.38. The normalized spacial score (nSPS) is 10.3. The van der Waals surface area contributed by atoms with E-state index in [0.29, 0.717) is 27.1 Å². The lowest BCUT2D eigenvalue weighted by atomic mass is 10.3. The fraction of sp³-hybridized carbons (Fsp3) is 0.105. The zero-order valence-corrected chi connectivity index (χ0v) is 16.8. The summed E-state index contributed by atoms with van der Waals surface area (Å²) in [6, 6.07) is 16.3. The van der Waals surface area contributed by atoms with Gasteiger partial charge in [0.25, 0.3) is 11.8 Å². The number of thiazole rings is 1. The number of nitrogens with one attached hydrogen (secondary N) is 2. The van der Waals surface area contributed by atoms with E-state index in [-0.39, 0.29) is 18.4 Å². The smallest absolute Gasteiger partial charge is 0.267 e. The van der Waals surface area contributed by atoms with Crippen molar-refractivity contribution in [3.63, 3.8) is 0 Å². The molecular formula is C19H16BrN3O3S. The van der Waals surface area contributed by atoms with Crippen LogP contribution in [0.1, 0.15) is 15.4 Å². The standard InChI is InChI=1S/C19H16BrN3O3S/c1-12-17(18(25)22-14-9-7-13(20)8-10-14)27-19(21-12)23-16(24)11-26-15-5-3-2-4-6-15/h2-10H,11H2,1H3,(H,22,25)(H,21,23,24). The summed E-state index contributed by atoms with van der Waals surface area (Å²) in [7, 11) is 0. The monoisotopic (exact) mass is 445 g/mol. The molecule has 1 aromatic heterocycles. The van der Waals surface area contributed by atoms with E-state index in [9.17, 15) is 9.59 Å². The second kappa shape index (κ2) is 8.79. The number of carbonyl (C=O) groups excluding carboxylic acids is 2. The van der Waals surface area contributed by atoms with E-state index in [1.165, 1.54) is 0 Å². The van der Waals surface area contributed by atoms with Crippen molar-refractivity contribution in [1.29, 1.82) is 0 Å². The highest BCUT2D eigenvalue weighted by Gasteiger charge is 2.17. The van der Waals surface area contributed by atoms with Crippen molar-refractivity contribution in [1.82, 2.24) is 4.98 Å². The van der Waals surface area contributed by atoms with E-state index in [2.05, 4.69) is 31.5 Å². The molecule has 2 amide bonds. The number of nitrogens with zero attached hydrogens (tertiary/aromatic N) is 1. The van der Waals surface area contributed by atoms with Gasteiger partial charge in [-0.3, -0.25) is 14.9 Å². The van der Waals surface area contributed by atoms with Gasteiger partial charge in [0.1, 0.15) is 10.6 Å². The van der Waals surface area contributed by atoms with Crippen LogP contribution in [-0.2, 0) is 4.79 Å². The quantitative estimate of drug-likeness (QED) is 0.585. The molecule has 0 aliphatic heterocycles. The Labute approximate surface area is 168 Å². The molecular weight excluding hydrogens is 430 g/mol. The lowest BCUT2D eigenvalue weighted by Gasteiger charge is -2.05. The number of aryl methyl sites for hydroxylation is 1. The largest absolute Gasteiger partial charge is 0.484 e. The van der Waals surface area contributed by atoms with Crippen LogP contribution in [0, 0.1) is 6.92 Å². The van der Waals surface area contributed by atoms with Gasteiger partial charge in [-0.1, -0.05) is 45.5 Å². The Hall–Kier alpha value is -2.71. The van der Waals surface area contributed by atoms with E-state index < -0.39 is 0 Å². The van der Waals surface area contributed by atoms with Gasteiger partial charge in [-0.15, -0.1) is 0 Å². The predicted molar refractivity (Wildman–Crippen MR) is 110 cm³/mol. The van der Waals surface area contributed by atoms with E-state index in [4.69, 9.17) is 4.74 Å². The van der Waals surface area contributed by atoms with Gasteiger partial charge in [0.05, 0.1) is 5.69 Å². The molecule has 0 radical (unpaired) electrons. The summed E-state index contributed by atoms with van der Waals surface area (Å²) in [5, 5.41) is 5.83. The van der Waals surface area contributed by atoms with Crippen LogP contribution < -0.4 is 15.4 Å². The zero-order valence-electron chi connectivity index (χ0n) is 14.4. The Balaban J connectivity index is 1.59. The van der Waals surface area contributed by atoms with Gasteiger partial charge in [0, 0.05) is 10.2 Å². The molecule has 3 rings (SSSR count). The van der Waals surface area contributed by atoms with Crippen molar-refractivity contribution >= 4 is 49.9 Å². The first kappa shape index (κ1) is 19.1. The first-order valence-corrected chi connectivity index (χ1v) is 9.64. The van der Waals surface area contributed by atoms with E-state index >= 15 is 0 Å². The molecule has 27 heavy (non-hydrogen) atoms. The van der Waals surface area contributed by atoms with Crippen molar-refractivity contribution < 1.29 is 14.3 Å². The zero-order chi connectivity index (χ0) is 19.2. The van der Waals surface area contributed by atoms with Gasteiger partial charge < -0.3 is 10.1 Å². The third-order valence-electron chi connectivity index (χ3n) is 3.46. The minimum absolute atomic E-state index is 0.136. The van der Waals surface area contributed by atoms with Crippen molar-refractivity contribution in [3.8, 4) is 5.75 Å². The molecule has 0 spiro atoms. The van der Waals surface area contributed by atoms with Crippen LogP contribution in [-0.4, -0.2) is 23.4 Å². The summed E-state index contributed by atoms with van der Waals surface area (Å²) in [5.41, 5.74) is 1.23. The second-order valence-corrected chi connectivity index (χ2v) is 7.46. The molecule has 2 N–H and O–H groups in total. The predicted octanol–water partition coefficient (Wildman–Crippen LogP) is 4.48. The number of hydrogen-bond donors (Lipinski definition) is 2. The van der Waals surface area contributed by atoms with Gasteiger partial charge in [-0.25, -0.2) is 4.98 Å². The van der Waals surface area contributed by atoms with Crippen LogP contribution >= 0.6 is 27.3 Å². The molecule has 0 saturated heterocycles. The summed E-state index contributed by atoms with van der Waals surface area (Å²) in [6.07, 6.45) is 0. The molecule has 0 fully saturated rings. The van der Waals surface area contributed by atoms with Crippen LogP contribution in [0.3, 0.4) is 0 Å². The van der Waals surface area contributed by atoms with Crippen LogP contribution in [0.15, 0.2) is 59.1 Å². The molecule has 0 unspecified atom stereocenters. The first-order chi connectivity index (χ1) is 13.0. The Morgan fingerprint density at radius 1 is 1.07 bits per heavy atom. The SMILES string of the molecule is Cc1nc(NC(=O)COc2ccccc2)sc1C(=O)Nc1ccc(Br)cc1. The molecule has 2 aromatic carbocycles. The highest BCUT2D eigenvalue weighted by molar-refractivity contribution is 9.10. The van der Waals surface area contributed by atoms with E-state index in [0.717, 1.165) is 15.8 Å². The number of benzene rings is 2. The molecule has 0 atom stereocenters. The molecule has 0 bridgehead atoms. The van der Waals surface area contributed by atoms with Gasteiger partial charge in [-0.05, 0) is 43.3 Å². The van der Waals surface area contributed by atoms with Crippen LogP contribution in [0.4, 0.5) is 10.8 Å². The number of para-hydroxylation sites is 1. The summed E-state index contributed by atoms with van der Waals surface area (Å²) in [6.45, 7) is 1.59. The number of hydrogen-bond acceptors (Lipinski definition) is 5. The molecule has 0 aliphatic rings. The molecule has 8 heteroatoms. The number of anilines is 2. The molecule has 3 aromatic rings. The summed E-state index contributed by atoms with van der Waals surface area (Å²) in [5.74, 6) is -0.00152. The topological polar surface area (TPSA) is 80.3 Å². The number of halogens is 1. The molecule has 0 aliphatic carbocycles. The molecule has 0 saturated carbocycles. The average molecular weight is 446 g/mol. The van der Waals surface area contributed by atoms with E-state index in [1.807, 2.05) is 30.3 Å². The molecule has 1 heterocycles. The van der Waals surface area contributed by atoms with Crippen molar-refractivity contribution in [2.75, 3.05) is 17.2 Å².